The van der Waals surface area contributed by atoms with Crippen LogP contribution in [0.4, 0.5) is 11.4 Å². The first-order valence-electron chi connectivity index (χ1n) is 10.3. The van der Waals surface area contributed by atoms with Crippen molar-refractivity contribution in [1.29, 1.82) is 0 Å². The molecule has 0 aliphatic carbocycles. The number of hydrogen-bond acceptors (Lipinski definition) is 4. The Hall–Kier alpha value is -2.24. The Bertz CT molecular complexity index is 802. The van der Waals surface area contributed by atoms with Crippen LogP contribution in [0.3, 0.4) is 0 Å². The monoisotopic (exact) mass is 415 g/mol. The number of nitrogens with one attached hydrogen (secondary N) is 1. The van der Waals surface area contributed by atoms with Crippen molar-refractivity contribution in [2.45, 2.75) is 26.7 Å². The molecule has 0 atom stereocenters. The van der Waals surface area contributed by atoms with Gasteiger partial charge < -0.3 is 15.0 Å². The van der Waals surface area contributed by atoms with Crippen LogP contribution in [0.25, 0.3) is 0 Å². The second-order valence-corrected chi connectivity index (χ2v) is 7.91. The van der Waals surface area contributed by atoms with Crippen molar-refractivity contribution in [3.8, 4) is 5.75 Å². The van der Waals surface area contributed by atoms with Crippen LogP contribution in [-0.2, 0) is 4.79 Å². The molecule has 29 heavy (non-hydrogen) atoms. The van der Waals surface area contributed by atoms with E-state index in [0.717, 1.165) is 62.1 Å². The lowest BCUT2D eigenvalue weighted by atomic mass is 10.1. The number of carbonyl (C=O) groups excluding carboxylic acids is 1. The van der Waals surface area contributed by atoms with Gasteiger partial charge >= 0.3 is 0 Å². The van der Waals surface area contributed by atoms with Crippen LogP contribution in [0.15, 0.2) is 42.5 Å². The fourth-order valence-electron chi connectivity index (χ4n) is 3.44. The minimum Gasteiger partial charge on any atom is -0.494 e. The molecule has 2 aromatic rings. The minimum atomic E-state index is 0.0111. The average molecular weight is 416 g/mol. The molecule has 0 saturated carbocycles. The topological polar surface area (TPSA) is 44.8 Å². The van der Waals surface area contributed by atoms with Crippen molar-refractivity contribution in [3.63, 3.8) is 0 Å². The predicted octanol–water partition coefficient (Wildman–Crippen LogP) is 4.59. The lowest BCUT2D eigenvalue weighted by Crippen LogP contribution is -2.48. The highest BCUT2D eigenvalue weighted by atomic mass is 35.5. The smallest absolute Gasteiger partial charge is 0.238 e. The van der Waals surface area contributed by atoms with Gasteiger partial charge in [0.15, 0.2) is 0 Å². The van der Waals surface area contributed by atoms with Gasteiger partial charge in [-0.3, -0.25) is 9.69 Å². The first-order chi connectivity index (χ1) is 14.0. The second kappa shape index (κ2) is 10.5. The molecule has 1 N–H and O–H groups in total. The van der Waals surface area contributed by atoms with Crippen LogP contribution in [0.5, 0.6) is 5.75 Å². The van der Waals surface area contributed by atoms with Gasteiger partial charge in [0, 0.05) is 42.6 Å². The summed E-state index contributed by atoms with van der Waals surface area (Å²) >= 11 is 6.15. The molecule has 0 bridgehead atoms. The molecule has 1 heterocycles. The summed E-state index contributed by atoms with van der Waals surface area (Å²) in [6, 6.07) is 13.6. The van der Waals surface area contributed by atoms with Gasteiger partial charge in [-0.05, 0) is 55.3 Å². The van der Waals surface area contributed by atoms with E-state index in [0.29, 0.717) is 6.54 Å². The normalized spacial score (nSPS) is 14.7. The van der Waals surface area contributed by atoms with Gasteiger partial charge in [0.25, 0.3) is 0 Å². The van der Waals surface area contributed by atoms with Crippen LogP contribution in [-0.4, -0.2) is 50.1 Å². The molecule has 5 nitrogen and oxygen atoms in total. The van der Waals surface area contributed by atoms with Crippen LogP contribution in [0.2, 0.25) is 5.02 Å². The number of anilines is 2. The summed E-state index contributed by atoms with van der Waals surface area (Å²) in [6.45, 7) is 8.84. The zero-order valence-corrected chi connectivity index (χ0v) is 18.0. The van der Waals surface area contributed by atoms with E-state index in [-0.39, 0.29) is 5.91 Å². The summed E-state index contributed by atoms with van der Waals surface area (Å²) in [5, 5.41) is 3.73. The SMILES string of the molecule is CCCCOc1ccc(NC(=O)CN2CCN(c3cc(Cl)ccc3C)CC2)cc1. The third-order valence-corrected chi connectivity index (χ3v) is 5.39. The summed E-state index contributed by atoms with van der Waals surface area (Å²) in [6.07, 6.45) is 2.16. The molecule has 156 valence electrons. The van der Waals surface area contributed by atoms with Crippen molar-refractivity contribution in [1.82, 2.24) is 4.90 Å². The van der Waals surface area contributed by atoms with Crippen molar-refractivity contribution in [2.24, 2.45) is 0 Å². The molecule has 1 aliphatic heterocycles. The van der Waals surface area contributed by atoms with Gasteiger partial charge in [-0.1, -0.05) is 31.0 Å². The molecule has 1 amide bonds. The molecule has 1 saturated heterocycles. The van der Waals surface area contributed by atoms with Crippen molar-refractivity contribution >= 4 is 28.9 Å². The van der Waals surface area contributed by atoms with Crippen LogP contribution >= 0.6 is 11.6 Å². The van der Waals surface area contributed by atoms with Gasteiger partial charge in [0.1, 0.15) is 5.75 Å². The summed E-state index contributed by atoms with van der Waals surface area (Å²) < 4.78 is 5.66. The van der Waals surface area contributed by atoms with E-state index in [2.05, 4.69) is 35.0 Å². The van der Waals surface area contributed by atoms with Crippen molar-refractivity contribution < 1.29 is 9.53 Å². The quantitative estimate of drug-likeness (QED) is 0.640. The molecule has 0 unspecified atom stereocenters. The van der Waals surface area contributed by atoms with Gasteiger partial charge in [-0.2, -0.15) is 0 Å². The Morgan fingerprint density at radius 2 is 1.83 bits per heavy atom. The Balaban J connectivity index is 1.44. The Labute approximate surface area is 178 Å². The maximum absolute atomic E-state index is 12.4. The summed E-state index contributed by atoms with van der Waals surface area (Å²) in [5.41, 5.74) is 3.21. The maximum atomic E-state index is 12.4. The maximum Gasteiger partial charge on any atom is 0.238 e. The largest absolute Gasteiger partial charge is 0.494 e. The molecule has 6 heteroatoms. The zero-order valence-electron chi connectivity index (χ0n) is 17.3. The molecule has 2 aromatic carbocycles. The lowest BCUT2D eigenvalue weighted by Gasteiger charge is -2.36. The van der Waals surface area contributed by atoms with E-state index >= 15 is 0 Å². The van der Waals surface area contributed by atoms with Crippen molar-refractivity contribution in [3.05, 3.63) is 53.1 Å². The summed E-state index contributed by atoms with van der Waals surface area (Å²) in [7, 11) is 0. The first kappa shape index (κ1) is 21.5. The number of amides is 1. The van der Waals surface area contributed by atoms with Crippen LogP contribution in [0.1, 0.15) is 25.3 Å². The molecule has 3 rings (SSSR count). The number of piperazine rings is 1. The highest BCUT2D eigenvalue weighted by Gasteiger charge is 2.20. The number of rotatable bonds is 8. The molecular weight excluding hydrogens is 386 g/mol. The molecule has 0 radical (unpaired) electrons. The second-order valence-electron chi connectivity index (χ2n) is 7.47. The van der Waals surface area contributed by atoms with Gasteiger partial charge in [-0.15, -0.1) is 0 Å². The van der Waals surface area contributed by atoms with Gasteiger partial charge in [0.05, 0.1) is 13.2 Å². The number of halogens is 1. The van der Waals surface area contributed by atoms with Gasteiger partial charge in [0.2, 0.25) is 5.91 Å². The lowest BCUT2D eigenvalue weighted by molar-refractivity contribution is -0.117. The van der Waals surface area contributed by atoms with Crippen LogP contribution in [0, 0.1) is 6.92 Å². The Morgan fingerprint density at radius 1 is 1.10 bits per heavy atom. The van der Waals surface area contributed by atoms with Crippen LogP contribution < -0.4 is 15.0 Å². The van der Waals surface area contributed by atoms with E-state index in [1.54, 1.807) is 0 Å². The van der Waals surface area contributed by atoms with E-state index < -0.39 is 0 Å². The number of carbonyl (C=O) groups is 1. The number of unbranched alkanes of at least 4 members (excludes halogenated alkanes) is 1. The molecular formula is C23H30ClN3O2. The molecule has 1 aliphatic rings. The molecule has 0 spiro atoms. The number of nitrogens with zero attached hydrogens (tertiary/aromatic N) is 2. The Kier molecular flexibility index (Phi) is 7.78. The van der Waals surface area contributed by atoms with E-state index in [9.17, 15) is 4.79 Å². The van der Waals surface area contributed by atoms with E-state index in [1.807, 2.05) is 36.4 Å². The molecule has 1 fully saturated rings. The summed E-state index contributed by atoms with van der Waals surface area (Å²) in [4.78, 5) is 16.9. The molecule has 0 aromatic heterocycles. The Morgan fingerprint density at radius 3 is 2.52 bits per heavy atom. The average Bonchev–Trinajstić information content (AvgIpc) is 2.72. The first-order valence-corrected chi connectivity index (χ1v) is 10.7. The zero-order chi connectivity index (χ0) is 20.6. The van der Waals surface area contributed by atoms with E-state index in [1.165, 1.54) is 11.3 Å². The number of benzene rings is 2. The number of aryl methyl sites for hydroxylation is 1. The standard InChI is InChI=1S/C23H30ClN3O2/c1-3-4-15-29-21-9-7-20(8-10-21)25-23(28)17-26-11-13-27(14-12-26)22-16-19(24)6-5-18(22)2/h5-10,16H,3-4,11-15,17H2,1-2H3,(H,25,28). The van der Waals surface area contributed by atoms with Crippen molar-refractivity contribution in [2.75, 3.05) is 49.5 Å². The summed E-state index contributed by atoms with van der Waals surface area (Å²) in [5.74, 6) is 0.848. The minimum absolute atomic E-state index is 0.0111. The van der Waals surface area contributed by atoms with Gasteiger partial charge in [-0.25, -0.2) is 0 Å². The van der Waals surface area contributed by atoms with E-state index in [4.69, 9.17) is 16.3 Å². The third-order valence-electron chi connectivity index (χ3n) is 5.16. The number of hydrogen-bond donors (Lipinski definition) is 1. The highest BCUT2D eigenvalue weighted by Crippen LogP contribution is 2.25. The number of ether oxygens (including phenoxy) is 1. The fraction of sp³-hybridized carbons (Fsp3) is 0.435. The predicted molar refractivity (Wildman–Crippen MR) is 120 cm³/mol. The fourth-order valence-corrected chi connectivity index (χ4v) is 3.61. The highest BCUT2D eigenvalue weighted by molar-refractivity contribution is 6.30. The third kappa shape index (κ3) is 6.38.